The number of benzene rings is 2. The van der Waals surface area contributed by atoms with Gasteiger partial charge in [-0.15, -0.1) is 0 Å². The van der Waals surface area contributed by atoms with Gasteiger partial charge in [-0.2, -0.15) is 9.36 Å². The third kappa shape index (κ3) is 3.37. The summed E-state index contributed by atoms with van der Waals surface area (Å²) < 4.78 is 10.4. The van der Waals surface area contributed by atoms with Gasteiger partial charge in [-0.25, -0.2) is 4.79 Å². The smallest absolute Gasteiger partial charge is 0.368 e. The normalized spacial score (nSPS) is 10.7. The first-order valence-corrected chi connectivity index (χ1v) is 9.36. The summed E-state index contributed by atoms with van der Waals surface area (Å²) in [5, 5.41) is 7.75. The van der Waals surface area contributed by atoms with Gasteiger partial charge in [0.1, 0.15) is 18.0 Å². The van der Waals surface area contributed by atoms with Crippen LogP contribution in [0.4, 0.5) is 5.82 Å². The minimum atomic E-state index is -0.315. The van der Waals surface area contributed by atoms with Crippen LogP contribution in [0.1, 0.15) is 16.7 Å². The molecule has 0 aliphatic carbocycles. The van der Waals surface area contributed by atoms with Gasteiger partial charge in [0.05, 0.1) is 11.9 Å². The monoisotopic (exact) mass is 400 g/mol. The Labute approximate surface area is 173 Å². The van der Waals surface area contributed by atoms with Gasteiger partial charge < -0.3 is 9.58 Å². The minimum absolute atomic E-state index is 0.280. The number of nitrogens with zero attached hydrogens (tertiary/aromatic N) is 6. The average Bonchev–Trinajstić information content (AvgIpc) is 3.34. The summed E-state index contributed by atoms with van der Waals surface area (Å²) in [6.45, 7) is 11.5. The predicted octanol–water partition coefficient (Wildman–Crippen LogP) is 3.50. The van der Waals surface area contributed by atoms with Crippen LogP contribution < -0.4 is 10.4 Å². The van der Waals surface area contributed by atoms with Crippen molar-refractivity contribution in [2.45, 2.75) is 20.5 Å². The highest BCUT2D eigenvalue weighted by Crippen LogP contribution is 2.27. The number of aromatic nitrogens is 5. The van der Waals surface area contributed by atoms with Crippen LogP contribution in [0.25, 0.3) is 16.2 Å². The van der Waals surface area contributed by atoms with Crippen LogP contribution in [-0.4, -0.2) is 24.4 Å². The molecule has 8 heteroatoms. The summed E-state index contributed by atoms with van der Waals surface area (Å²) in [4.78, 5) is 15.8. The number of tetrazole rings is 1. The van der Waals surface area contributed by atoms with Crippen LogP contribution in [0.3, 0.4) is 0 Å². The van der Waals surface area contributed by atoms with Crippen molar-refractivity contribution in [3.63, 3.8) is 0 Å². The SMILES string of the molecule is [C-]#[N+]c1cccn1-c1ccc(OCc2c(C)cccc2-n2nnn(C)c2=O)c(C)c1. The van der Waals surface area contributed by atoms with Crippen molar-refractivity contribution in [3.8, 4) is 17.1 Å². The number of rotatable bonds is 5. The van der Waals surface area contributed by atoms with Crippen molar-refractivity contribution in [2.75, 3.05) is 0 Å². The van der Waals surface area contributed by atoms with E-state index in [4.69, 9.17) is 11.3 Å². The van der Waals surface area contributed by atoms with E-state index in [0.717, 1.165) is 28.1 Å². The predicted molar refractivity (Wildman–Crippen MR) is 112 cm³/mol. The molecule has 0 saturated heterocycles. The first kappa shape index (κ1) is 19.2. The van der Waals surface area contributed by atoms with Crippen LogP contribution in [0.15, 0.2) is 59.5 Å². The Morgan fingerprint density at radius 3 is 2.60 bits per heavy atom. The van der Waals surface area contributed by atoms with Crippen LogP contribution >= 0.6 is 0 Å². The Bertz CT molecular complexity index is 1320. The Kier molecular flexibility index (Phi) is 4.94. The second kappa shape index (κ2) is 7.72. The molecule has 0 spiro atoms. The number of aryl methyl sites for hydroxylation is 3. The zero-order valence-electron chi connectivity index (χ0n) is 16.9. The molecule has 8 nitrogen and oxygen atoms in total. The molecule has 0 aliphatic heterocycles. The molecule has 2 aromatic heterocycles. The van der Waals surface area contributed by atoms with Gasteiger partial charge in [0.15, 0.2) is 0 Å². The molecule has 4 aromatic rings. The van der Waals surface area contributed by atoms with Gasteiger partial charge in [0.2, 0.25) is 5.82 Å². The molecule has 0 N–H and O–H groups in total. The number of hydrogen-bond donors (Lipinski definition) is 0. The second-order valence-corrected chi connectivity index (χ2v) is 6.96. The van der Waals surface area contributed by atoms with E-state index >= 15 is 0 Å². The quantitative estimate of drug-likeness (QED) is 0.481. The standard InChI is InChI=1S/C22H20N6O2/c1-15-7-5-8-19(28-22(29)26(4)24-25-28)18(15)14-30-20-11-10-17(13-16(20)2)27-12-6-9-21(27)23-3/h5-13H,14H2,1-2,4H3. The first-order valence-electron chi connectivity index (χ1n) is 9.36. The van der Waals surface area contributed by atoms with Crippen molar-refractivity contribution in [1.29, 1.82) is 0 Å². The number of ether oxygens (including phenoxy) is 1. The molecule has 2 aromatic carbocycles. The minimum Gasteiger partial charge on any atom is -0.489 e. The van der Waals surface area contributed by atoms with E-state index < -0.39 is 0 Å². The molecule has 0 atom stereocenters. The van der Waals surface area contributed by atoms with E-state index in [1.807, 2.05) is 67.1 Å². The summed E-state index contributed by atoms with van der Waals surface area (Å²) in [7, 11) is 1.56. The van der Waals surface area contributed by atoms with E-state index in [0.29, 0.717) is 11.5 Å². The van der Waals surface area contributed by atoms with E-state index in [2.05, 4.69) is 15.3 Å². The highest BCUT2D eigenvalue weighted by atomic mass is 16.5. The molecule has 2 heterocycles. The highest BCUT2D eigenvalue weighted by Gasteiger charge is 2.14. The second-order valence-electron chi connectivity index (χ2n) is 6.96. The van der Waals surface area contributed by atoms with E-state index in [1.54, 1.807) is 13.1 Å². The van der Waals surface area contributed by atoms with Crippen molar-refractivity contribution < 1.29 is 4.74 Å². The molecule has 0 bridgehead atoms. The zero-order valence-corrected chi connectivity index (χ0v) is 16.9. The van der Waals surface area contributed by atoms with Crippen LogP contribution in [0.2, 0.25) is 0 Å². The van der Waals surface area contributed by atoms with Gasteiger partial charge >= 0.3 is 5.69 Å². The molecule has 4 rings (SSSR count). The fourth-order valence-corrected chi connectivity index (χ4v) is 3.31. The summed E-state index contributed by atoms with van der Waals surface area (Å²) >= 11 is 0. The third-order valence-electron chi connectivity index (χ3n) is 4.99. The lowest BCUT2D eigenvalue weighted by Crippen LogP contribution is -2.23. The van der Waals surface area contributed by atoms with Crippen molar-refractivity contribution in [1.82, 2.24) is 24.4 Å². The largest absolute Gasteiger partial charge is 0.489 e. The fourth-order valence-electron chi connectivity index (χ4n) is 3.31. The Hall–Kier alpha value is -4.12. The molecule has 0 radical (unpaired) electrons. The topological polar surface area (TPSA) is 71.2 Å². The van der Waals surface area contributed by atoms with Crippen LogP contribution in [0.5, 0.6) is 5.75 Å². The molecule has 0 fully saturated rings. The lowest BCUT2D eigenvalue weighted by atomic mass is 10.1. The fraction of sp³-hybridized carbons (Fsp3) is 0.182. The molecular weight excluding hydrogens is 380 g/mol. The van der Waals surface area contributed by atoms with E-state index in [1.165, 1.54) is 9.36 Å². The summed E-state index contributed by atoms with van der Waals surface area (Å²) in [5.41, 5.74) is 4.04. The van der Waals surface area contributed by atoms with Gasteiger partial charge in [0, 0.05) is 12.6 Å². The summed E-state index contributed by atoms with van der Waals surface area (Å²) in [6, 6.07) is 15.1. The summed E-state index contributed by atoms with van der Waals surface area (Å²) in [6.07, 6.45) is 1.86. The summed E-state index contributed by atoms with van der Waals surface area (Å²) in [5.74, 6) is 1.29. The maximum atomic E-state index is 12.3. The molecular formula is C22H20N6O2. The molecule has 0 aliphatic rings. The third-order valence-corrected chi connectivity index (χ3v) is 4.99. The molecule has 30 heavy (non-hydrogen) atoms. The van der Waals surface area contributed by atoms with Crippen LogP contribution in [-0.2, 0) is 13.7 Å². The lowest BCUT2D eigenvalue weighted by molar-refractivity contribution is 0.302. The van der Waals surface area contributed by atoms with Crippen LogP contribution in [0, 0.1) is 20.4 Å². The van der Waals surface area contributed by atoms with Gasteiger partial charge in [0.25, 0.3) is 0 Å². The van der Waals surface area contributed by atoms with Crippen molar-refractivity contribution in [2.24, 2.45) is 7.05 Å². The van der Waals surface area contributed by atoms with Crippen molar-refractivity contribution >= 4 is 5.82 Å². The molecule has 0 unspecified atom stereocenters. The maximum Gasteiger partial charge on any atom is 0.368 e. The maximum absolute atomic E-state index is 12.3. The van der Waals surface area contributed by atoms with Gasteiger partial charge in [-0.1, -0.05) is 18.7 Å². The first-order chi connectivity index (χ1) is 14.5. The van der Waals surface area contributed by atoms with Gasteiger partial charge in [-0.05, 0) is 71.8 Å². The van der Waals surface area contributed by atoms with Crippen molar-refractivity contribution in [3.05, 3.63) is 93.3 Å². The lowest BCUT2D eigenvalue weighted by Gasteiger charge is -2.14. The number of hydrogen-bond acceptors (Lipinski definition) is 4. The Balaban J connectivity index is 1.63. The van der Waals surface area contributed by atoms with Gasteiger partial charge in [-0.3, -0.25) is 4.57 Å². The average molecular weight is 400 g/mol. The Morgan fingerprint density at radius 1 is 1.07 bits per heavy atom. The van der Waals surface area contributed by atoms with E-state index in [9.17, 15) is 4.79 Å². The molecule has 0 amide bonds. The molecule has 0 saturated carbocycles. The van der Waals surface area contributed by atoms with E-state index in [-0.39, 0.29) is 12.3 Å². The zero-order chi connectivity index (χ0) is 21.3. The molecule has 150 valence electrons. The Morgan fingerprint density at radius 2 is 1.90 bits per heavy atom. The highest BCUT2D eigenvalue weighted by molar-refractivity contribution is 5.51.